The summed E-state index contributed by atoms with van der Waals surface area (Å²) in [4.78, 5) is 4.36. The molecule has 0 aliphatic rings. The summed E-state index contributed by atoms with van der Waals surface area (Å²) in [7, 11) is 0. The molecule has 0 bridgehead atoms. The Morgan fingerprint density at radius 1 is 1.33 bits per heavy atom. The summed E-state index contributed by atoms with van der Waals surface area (Å²) in [5, 5.41) is 3.55. The largest absolute Gasteiger partial charge is 0.472 e. The molecule has 1 unspecified atom stereocenters. The third kappa shape index (κ3) is 3.70. The van der Waals surface area contributed by atoms with Gasteiger partial charge in [-0.15, -0.1) is 0 Å². The van der Waals surface area contributed by atoms with Gasteiger partial charge in [-0.25, -0.2) is 0 Å². The number of nitrogens with zero attached hydrogens (tertiary/aromatic N) is 1. The van der Waals surface area contributed by atoms with Gasteiger partial charge in [0.25, 0.3) is 0 Å². The molecule has 3 nitrogen and oxygen atoms in total. The molecule has 2 rings (SSSR count). The zero-order valence-corrected chi connectivity index (χ0v) is 10.8. The number of pyridine rings is 1. The van der Waals surface area contributed by atoms with Gasteiger partial charge in [-0.2, -0.15) is 0 Å². The van der Waals surface area contributed by atoms with E-state index in [2.05, 4.69) is 23.3 Å². The summed E-state index contributed by atoms with van der Waals surface area (Å²) < 4.78 is 5.17. The molecule has 0 spiro atoms. The van der Waals surface area contributed by atoms with E-state index in [0.29, 0.717) is 6.04 Å². The summed E-state index contributed by atoms with van der Waals surface area (Å²) in [6.45, 7) is 3.20. The first-order valence-electron chi connectivity index (χ1n) is 6.55. The third-order valence-corrected chi connectivity index (χ3v) is 3.00. The summed E-state index contributed by atoms with van der Waals surface area (Å²) in [6, 6.07) is 8.45. The minimum atomic E-state index is 0.353. The van der Waals surface area contributed by atoms with Crippen molar-refractivity contribution in [2.75, 3.05) is 6.54 Å². The summed E-state index contributed by atoms with van der Waals surface area (Å²) in [5.74, 6) is 0. The molecule has 96 valence electrons. The van der Waals surface area contributed by atoms with Gasteiger partial charge in [0.1, 0.15) is 0 Å². The molecule has 0 aliphatic heterocycles. The number of hydrogen-bond acceptors (Lipinski definition) is 3. The zero-order valence-electron chi connectivity index (χ0n) is 10.8. The predicted molar refractivity (Wildman–Crippen MR) is 72.3 cm³/mol. The molecule has 0 radical (unpaired) electrons. The van der Waals surface area contributed by atoms with Crippen LogP contribution in [0.1, 0.15) is 37.1 Å². The first kappa shape index (κ1) is 12.8. The normalized spacial score (nSPS) is 12.5. The molecule has 2 aromatic heterocycles. The van der Waals surface area contributed by atoms with Crippen molar-refractivity contribution in [3.8, 4) is 0 Å². The van der Waals surface area contributed by atoms with Gasteiger partial charge in [-0.1, -0.05) is 13.0 Å². The molecule has 2 aromatic rings. The lowest BCUT2D eigenvalue weighted by Gasteiger charge is -2.16. The first-order valence-corrected chi connectivity index (χ1v) is 6.55. The molecule has 0 saturated carbocycles. The highest BCUT2D eigenvalue weighted by molar-refractivity contribution is 5.12. The molecule has 1 atom stereocenters. The van der Waals surface area contributed by atoms with E-state index in [1.165, 1.54) is 5.56 Å². The predicted octanol–water partition coefficient (Wildman–Crippen LogP) is 3.35. The van der Waals surface area contributed by atoms with Crippen molar-refractivity contribution in [3.05, 3.63) is 54.2 Å². The first-order chi connectivity index (χ1) is 8.90. The fourth-order valence-corrected chi connectivity index (χ4v) is 2.02. The Morgan fingerprint density at radius 2 is 2.28 bits per heavy atom. The van der Waals surface area contributed by atoms with Crippen molar-refractivity contribution in [3.63, 3.8) is 0 Å². The van der Waals surface area contributed by atoms with Crippen LogP contribution in [0.5, 0.6) is 0 Å². The van der Waals surface area contributed by atoms with E-state index in [-0.39, 0.29) is 0 Å². The Bertz CT molecular complexity index is 425. The van der Waals surface area contributed by atoms with Crippen molar-refractivity contribution in [1.29, 1.82) is 0 Å². The molecule has 0 amide bonds. The average molecular weight is 244 g/mol. The van der Waals surface area contributed by atoms with E-state index >= 15 is 0 Å². The Morgan fingerprint density at radius 3 is 2.94 bits per heavy atom. The van der Waals surface area contributed by atoms with Gasteiger partial charge in [0.05, 0.1) is 12.5 Å². The fraction of sp³-hybridized carbons (Fsp3) is 0.400. The minimum Gasteiger partial charge on any atom is -0.472 e. The summed E-state index contributed by atoms with van der Waals surface area (Å²) in [6.07, 6.45) is 8.56. The zero-order chi connectivity index (χ0) is 12.6. The average Bonchev–Trinajstić information content (AvgIpc) is 2.94. The lowest BCUT2D eigenvalue weighted by atomic mass is 10.0. The smallest absolute Gasteiger partial charge is 0.0950 e. The van der Waals surface area contributed by atoms with E-state index in [1.54, 1.807) is 6.26 Å². The lowest BCUT2D eigenvalue weighted by molar-refractivity contribution is 0.486. The van der Waals surface area contributed by atoms with Crippen LogP contribution in [-0.4, -0.2) is 11.5 Å². The van der Waals surface area contributed by atoms with Gasteiger partial charge in [-0.05, 0) is 44.0 Å². The lowest BCUT2D eigenvalue weighted by Crippen LogP contribution is -2.22. The maximum atomic E-state index is 5.17. The van der Waals surface area contributed by atoms with E-state index < -0.39 is 0 Å². The molecule has 0 fully saturated rings. The van der Waals surface area contributed by atoms with Crippen LogP contribution >= 0.6 is 0 Å². The van der Waals surface area contributed by atoms with Crippen molar-refractivity contribution in [2.45, 2.75) is 32.2 Å². The van der Waals surface area contributed by atoms with E-state index in [4.69, 9.17) is 4.42 Å². The van der Waals surface area contributed by atoms with E-state index in [1.807, 2.05) is 30.7 Å². The van der Waals surface area contributed by atoms with E-state index in [0.717, 1.165) is 31.5 Å². The van der Waals surface area contributed by atoms with Crippen molar-refractivity contribution in [1.82, 2.24) is 10.3 Å². The number of aromatic nitrogens is 1. The maximum absolute atomic E-state index is 5.17. The second-order valence-electron chi connectivity index (χ2n) is 4.42. The van der Waals surface area contributed by atoms with Crippen LogP contribution in [-0.2, 0) is 6.42 Å². The highest BCUT2D eigenvalue weighted by Gasteiger charge is 2.11. The molecule has 0 saturated heterocycles. The number of aryl methyl sites for hydroxylation is 1. The highest BCUT2D eigenvalue weighted by Crippen LogP contribution is 2.19. The molecule has 2 heterocycles. The van der Waals surface area contributed by atoms with Crippen molar-refractivity contribution in [2.24, 2.45) is 0 Å². The minimum absolute atomic E-state index is 0.353. The Kier molecular flexibility index (Phi) is 4.97. The number of hydrogen-bond donors (Lipinski definition) is 1. The van der Waals surface area contributed by atoms with Crippen molar-refractivity contribution < 1.29 is 4.42 Å². The standard InChI is InChI=1S/C15H20N2O/c1-2-9-17-15(13-8-11-18-12-13)7-6-14-5-3-4-10-16-14/h3-5,8,10-12,15,17H,2,6-7,9H2,1H3. The highest BCUT2D eigenvalue weighted by atomic mass is 16.3. The van der Waals surface area contributed by atoms with Gasteiger partial charge < -0.3 is 9.73 Å². The molecule has 0 aliphatic carbocycles. The fourth-order valence-electron chi connectivity index (χ4n) is 2.02. The van der Waals surface area contributed by atoms with Crippen LogP contribution in [0.25, 0.3) is 0 Å². The van der Waals surface area contributed by atoms with Gasteiger partial charge in [0.15, 0.2) is 0 Å². The van der Waals surface area contributed by atoms with Gasteiger partial charge in [0.2, 0.25) is 0 Å². The maximum Gasteiger partial charge on any atom is 0.0950 e. The quantitative estimate of drug-likeness (QED) is 0.811. The van der Waals surface area contributed by atoms with E-state index in [9.17, 15) is 0 Å². The molecular formula is C15H20N2O. The molecule has 18 heavy (non-hydrogen) atoms. The molecule has 0 aromatic carbocycles. The second-order valence-corrected chi connectivity index (χ2v) is 4.42. The van der Waals surface area contributed by atoms with Crippen LogP contribution < -0.4 is 5.32 Å². The summed E-state index contributed by atoms with van der Waals surface area (Å²) >= 11 is 0. The molecule has 1 N–H and O–H groups in total. The van der Waals surface area contributed by atoms with Crippen LogP contribution in [0.15, 0.2) is 47.4 Å². The van der Waals surface area contributed by atoms with Crippen LogP contribution in [0.3, 0.4) is 0 Å². The SMILES string of the molecule is CCCNC(CCc1ccccn1)c1ccoc1. The van der Waals surface area contributed by atoms with Gasteiger partial charge in [0, 0.05) is 23.5 Å². The Labute approximate surface area is 108 Å². The topological polar surface area (TPSA) is 38.1 Å². The van der Waals surface area contributed by atoms with Gasteiger partial charge in [-0.3, -0.25) is 4.98 Å². The van der Waals surface area contributed by atoms with Crippen LogP contribution in [0.4, 0.5) is 0 Å². The monoisotopic (exact) mass is 244 g/mol. The third-order valence-electron chi connectivity index (χ3n) is 3.00. The Hall–Kier alpha value is -1.61. The molecule has 3 heteroatoms. The van der Waals surface area contributed by atoms with Crippen LogP contribution in [0.2, 0.25) is 0 Å². The number of furan rings is 1. The van der Waals surface area contributed by atoms with Crippen molar-refractivity contribution >= 4 is 0 Å². The molecular weight excluding hydrogens is 224 g/mol. The second kappa shape index (κ2) is 6.97. The van der Waals surface area contributed by atoms with Crippen LogP contribution in [0, 0.1) is 0 Å². The Balaban J connectivity index is 1.93. The number of nitrogens with one attached hydrogen (secondary N) is 1. The summed E-state index contributed by atoms with van der Waals surface area (Å²) in [5.41, 5.74) is 2.36. The van der Waals surface area contributed by atoms with Gasteiger partial charge >= 0.3 is 0 Å². The number of rotatable bonds is 7.